The summed E-state index contributed by atoms with van der Waals surface area (Å²) in [7, 11) is -5.53. The van der Waals surface area contributed by atoms with Crippen LogP contribution in [0.15, 0.2) is 40.8 Å². The van der Waals surface area contributed by atoms with E-state index in [0.717, 1.165) is 32.5 Å². The molecule has 2 N–H and O–H groups in total. The second-order valence-electron chi connectivity index (χ2n) is 7.51. The lowest BCUT2D eigenvalue weighted by Gasteiger charge is -2.44. The monoisotopic (exact) mass is 443 g/mol. The lowest BCUT2D eigenvalue weighted by Crippen LogP contribution is -2.57. The quantitative estimate of drug-likeness (QED) is 0.741. The number of halogens is 3. The first-order valence-electron chi connectivity index (χ1n) is 9.45. The van der Waals surface area contributed by atoms with E-state index in [1.54, 1.807) is 6.07 Å². The number of amides is 1. The van der Waals surface area contributed by atoms with Crippen LogP contribution in [0.3, 0.4) is 0 Å². The molecule has 3 saturated heterocycles. The summed E-state index contributed by atoms with van der Waals surface area (Å²) in [6, 6.07) is 8.39. The molecule has 1 unspecified atom stereocenters. The van der Waals surface area contributed by atoms with Crippen LogP contribution in [0.5, 0.6) is 0 Å². The topological polar surface area (TPSA) is 91.7 Å². The van der Waals surface area contributed by atoms with Crippen LogP contribution in [-0.4, -0.2) is 50.4 Å². The third kappa shape index (κ3) is 4.17. The minimum absolute atomic E-state index is 0.0636. The molecule has 2 bridgehead atoms. The Bertz CT molecular complexity index is 1040. The van der Waals surface area contributed by atoms with Crippen molar-refractivity contribution in [3.63, 3.8) is 0 Å². The van der Waals surface area contributed by atoms with Gasteiger partial charge >= 0.3 is 15.5 Å². The SMILES string of the molecule is O=C(NC1CN2CCC1CC2)c1ccc(-c2cccc(NS(=O)(=O)C(F)(F)F)c2)o1. The number of alkyl halides is 3. The molecule has 0 spiro atoms. The summed E-state index contributed by atoms with van der Waals surface area (Å²) < 4.78 is 67.4. The molecule has 1 aromatic carbocycles. The number of rotatable bonds is 5. The molecule has 0 aliphatic carbocycles. The van der Waals surface area contributed by atoms with E-state index in [0.29, 0.717) is 11.5 Å². The van der Waals surface area contributed by atoms with Gasteiger partial charge in [0.2, 0.25) is 0 Å². The fraction of sp³-hybridized carbons (Fsp3) is 0.421. The van der Waals surface area contributed by atoms with E-state index in [-0.39, 0.29) is 29.2 Å². The number of hydrogen-bond donors (Lipinski definition) is 2. The van der Waals surface area contributed by atoms with Crippen molar-refractivity contribution in [2.24, 2.45) is 5.92 Å². The highest BCUT2D eigenvalue weighted by Crippen LogP contribution is 2.30. The van der Waals surface area contributed by atoms with E-state index < -0.39 is 15.5 Å². The van der Waals surface area contributed by atoms with Gasteiger partial charge in [0.15, 0.2) is 5.76 Å². The molecule has 1 aromatic heterocycles. The average molecular weight is 443 g/mol. The van der Waals surface area contributed by atoms with Crippen LogP contribution in [0.4, 0.5) is 18.9 Å². The maximum atomic E-state index is 12.6. The third-order valence-electron chi connectivity index (χ3n) is 5.51. The fourth-order valence-corrected chi connectivity index (χ4v) is 4.49. The minimum Gasteiger partial charge on any atom is -0.451 e. The second kappa shape index (κ2) is 7.62. The standard InChI is InChI=1S/C19H20F3N3O4S/c20-19(21,22)30(27,28)24-14-3-1-2-13(10-14)16-4-5-17(29-16)18(26)23-15-11-25-8-6-12(15)7-9-25/h1-5,10,12,15,24H,6-9,11H2,(H,23,26). The first-order valence-corrected chi connectivity index (χ1v) is 10.9. The normalized spacial score (nSPS) is 23.9. The van der Waals surface area contributed by atoms with Crippen LogP contribution >= 0.6 is 0 Å². The Morgan fingerprint density at radius 2 is 1.87 bits per heavy atom. The number of carbonyl (C=O) groups excluding carboxylic acids is 1. The molecule has 11 heteroatoms. The van der Waals surface area contributed by atoms with E-state index in [2.05, 4.69) is 10.2 Å². The van der Waals surface area contributed by atoms with Crippen molar-refractivity contribution in [1.29, 1.82) is 0 Å². The Hall–Kier alpha value is -2.53. The van der Waals surface area contributed by atoms with Gasteiger partial charge in [0, 0.05) is 23.8 Å². The van der Waals surface area contributed by atoms with Crippen molar-refractivity contribution in [3.8, 4) is 11.3 Å². The van der Waals surface area contributed by atoms with E-state index >= 15 is 0 Å². The molecule has 1 amide bonds. The average Bonchev–Trinajstić information content (AvgIpc) is 3.18. The number of benzene rings is 1. The van der Waals surface area contributed by atoms with E-state index in [9.17, 15) is 26.4 Å². The number of anilines is 1. The Labute approximate surface area is 171 Å². The summed E-state index contributed by atoms with van der Waals surface area (Å²) in [5.41, 5.74) is -5.35. The number of furan rings is 1. The first-order chi connectivity index (χ1) is 14.1. The summed E-state index contributed by atoms with van der Waals surface area (Å²) in [5.74, 6) is 0.422. The van der Waals surface area contributed by atoms with Gasteiger partial charge in [-0.25, -0.2) is 0 Å². The smallest absolute Gasteiger partial charge is 0.451 e. The lowest BCUT2D eigenvalue weighted by molar-refractivity contribution is -0.0429. The number of piperidine rings is 3. The van der Waals surface area contributed by atoms with Gasteiger partial charge in [-0.2, -0.15) is 21.6 Å². The van der Waals surface area contributed by atoms with Gasteiger partial charge in [-0.05, 0) is 56.1 Å². The van der Waals surface area contributed by atoms with Crippen LogP contribution in [0.2, 0.25) is 0 Å². The van der Waals surface area contributed by atoms with Crippen molar-refractivity contribution in [2.75, 3.05) is 24.4 Å². The van der Waals surface area contributed by atoms with Gasteiger partial charge in [-0.3, -0.25) is 9.52 Å². The second-order valence-corrected chi connectivity index (χ2v) is 9.19. The molecule has 4 heterocycles. The Morgan fingerprint density at radius 1 is 1.13 bits per heavy atom. The van der Waals surface area contributed by atoms with Crippen molar-refractivity contribution in [1.82, 2.24) is 10.2 Å². The van der Waals surface area contributed by atoms with Gasteiger partial charge in [0.25, 0.3) is 5.91 Å². The predicted molar refractivity (Wildman–Crippen MR) is 103 cm³/mol. The summed E-state index contributed by atoms with van der Waals surface area (Å²) in [4.78, 5) is 14.9. The molecular formula is C19H20F3N3O4S. The summed E-state index contributed by atoms with van der Waals surface area (Å²) in [5, 5.41) is 3.00. The molecule has 0 saturated carbocycles. The molecule has 0 radical (unpaired) electrons. The van der Waals surface area contributed by atoms with E-state index in [1.165, 1.54) is 35.1 Å². The van der Waals surface area contributed by atoms with Gasteiger partial charge in [0.1, 0.15) is 5.76 Å². The molecule has 30 heavy (non-hydrogen) atoms. The first kappa shape index (κ1) is 20.7. The third-order valence-corrected chi connectivity index (χ3v) is 6.62. The maximum Gasteiger partial charge on any atom is 0.516 e. The lowest BCUT2D eigenvalue weighted by atomic mass is 9.84. The molecule has 3 aliphatic rings. The van der Waals surface area contributed by atoms with Crippen LogP contribution in [-0.2, 0) is 10.0 Å². The van der Waals surface area contributed by atoms with Gasteiger partial charge < -0.3 is 14.6 Å². The van der Waals surface area contributed by atoms with Crippen LogP contribution in [0.25, 0.3) is 11.3 Å². The molecule has 162 valence electrons. The Kier molecular flexibility index (Phi) is 5.27. The van der Waals surface area contributed by atoms with Gasteiger partial charge in [-0.15, -0.1) is 0 Å². The predicted octanol–water partition coefficient (Wildman–Crippen LogP) is 3.03. The van der Waals surface area contributed by atoms with Crippen molar-refractivity contribution in [2.45, 2.75) is 24.4 Å². The number of fused-ring (bicyclic) bond motifs is 3. The van der Waals surface area contributed by atoms with Crippen molar-refractivity contribution in [3.05, 3.63) is 42.2 Å². The summed E-state index contributed by atoms with van der Waals surface area (Å²) in [6.07, 6.45) is 2.10. The zero-order valence-electron chi connectivity index (χ0n) is 15.8. The number of sulfonamides is 1. The van der Waals surface area contributed by atoms with Crippen molar-refractivity contribution >= 4 is 21.6 Å². The zero-order chi connectivity index (χ0) is 21.5. The van der Waals surface area contributed by atoms with E-state index in [1.807, 2.05) is 0 Å². The van der Waals surface area contributed by atoms with Crippen LogP contribution < -0.4 is 10.0 Å². The number of nitrogens with one attached hydrogen (secondary N) is 2. The Balaban J connectivity index is 1.47. The summed E-state index contributed by atoms with van der Waals surface area (Å²) in [6.45, 7) is 2.91. The number of carbonyl (C=O) groups is 1. The van der Waals surface area contributed by atoms with Crippen LogP contribution in [0, 0.1) is 5.92 Å². The van der Waals surface area contributed by atoms with Gasteiger partial charge in [0.05, 0.1) is 0 Å². The molecule has 3 aliphatic heterocycles. The molecule has 3 fully saturated rings. The van der Waals surface area contributed by atoms with E-state index in [4.69, 9.17) is 4.42 Å². The highest BCUT2D eigenvalue weighted by Gasteiger charge is 2.46. The zero-order valence-corrected chi connectivity index (χ0v) is 16.6. The highest BCUT2D eigenvalue weighted by atomic mass is 32.2. The molecule has 7 nitrogen and oxygen atoms in total. The van der Waals surface area contributed by atoms with Crippen molar-refractivity contribution < 1.29 is 30.8 Å². The number of nitrogens with zero attached hydrogens (tertiary/aromatic N) is 1. The molecular weight excluding hydrogens is 423 g/mol. The Morgan fingerprint density at radius 3 is 2.50 bits per heavy atom. The summed E-state index contributed by atoms with van der Waals surface area (Å²) >= 11 is 0. The van der Waals surface area contributed by atoms with Gasteiger partial charge in [-0.1, -0.05) is 12.1 Å². The molecule has 1 atom stereocenters. The highest BCUT2D eigenvalue weighted by molar-refractivity contribution is 7.93. The minimum atomic E-state index is -5.53. The van der Waals surface area contributed by atoms with Crippen LogP contribution in [0.1, 0.15) is 23.4 Å². The molecule has 5 rings (SSSR count). The maximum absolute atomic E-state index is 12.6. The number of hydrogen-bond acceptors (Lipinski definition) is 5. The fourth-order valence-electron chi connectivity index (χ4n) is 3.93. The largest absolute Gasteiger partial charge is 0.516 e. The molecule has 2 aromatic rings.